The minimum absolute atomic E-state index is 0.519. The summed E-state index contributed by atoms with van der Waals surface area (Å²) in [5, 5.41) is 16.3. The Balaban J connectivity index is 1.97. The van der Waals surface area contributed by atoms with Gasteiger partial charge in [0.1, 0.15) is 0 Å². The van der Waals surface area contributed by atoms with Gasteiger partial charge in [-0.15, -0.1) is 0 Å². The van der Waals surface area contributed by atoms with Gasteiger partial charge < -0.3 is 5.11 Å². The fraction of sp³-hybridized carbons (Fsp3) is 0.533. The first-order chi connectivity index (χ1) is 8.61. The van der Waals surface area contributed by atoms with Crippen molar-refractivity contribution >= 4 is 10.9 Å². The number of hydrogen-bond donors (Lipinski definition) is 1. The second kappa shape index (κ2) is 4.09. The van der Waals surface area contributed by atoms with Crippen molar-refractivity contribution in [3.63, 3.8) is 0 Å². The molecule has 2 aromatic rings. The quantitative estimate of drug-likeness (QED) is 0.901. The lowest BCUT2D eigenvalue weighted by Crippen LogP contribution is -2.44. The third-order valence-electron chi connectivity index (χ3n) is 3.99. The molecular weight excluding hydrogens is 224 g/mol. The molecule has 3 rings (SSSR count). The highest BCUT2D eigenvalue weighted by Crippen LogP contribution is 2.40. The second-order valence-electron chi connectivity index (χ2n) is 5.69. The van der Waals surface area contributed by atoms with Gasteiger partial charge in [0, 0.05) is 18.4 Å². The zero-order chi connectivity index (χ0) is 12.8. The Bertz CT molecular complexity index is 567. The molecule has 1 aromatic heterocycles. The lowest BCUT2D eigenvalue weighted by Gasteiger charge is -2.41. The smallest absolute Gasteiger partial charge is 0.0731 e. The van der Waals surface area contributed by atoms with Gasteiger partial charge in [-0.2, -0.15) is 5.10 Å². The molecular formula is C15H20N2O. The van der Waals surface area contributed by atoms with Crippen molar-refractivity contribution in [2.24, 2.45) is 5.92 Å². The lowest BCUT2D eigenvalue weighted by molar-refractivity contribution is -0.0671. The van der Waals surface area contributed by atoms with Crippen molar-refractivity contribution < 1.29 is 5.11 Å². The molecule has 1 N–H and O–H groups in total. The molecule has 0 aliphatic heterocycles. The number of hydrogen-bond acceptors (Lipinski definition) is 2. The molecule has 0 unspecified atom stereocenters. The molecule has 0 spiro atoms. The van der Waals surface area contributed by atoms with Crippen LogP contribution in [0.3, 0.4) is 0 Å². The number of rotatable bonds is 3. The fourth-order valence-electron chi connectivity index (χ4n) is 3.26. The molecule has 1 fully saturated rings. The Morgan fingerprint density at radius 2 is 2.11 bits per heavy atom. The minimum atomic E-state index is -0.519. The van der Waals surface area contributed by atoms with Crippen LogP contribution in [0.25, 0.3) is 10.9 Å². The van der Waals surface area contributed by atoms with Crippen LogP contribution in [0.5, 0.6) is 0 Å². The summed E-state index contributed by atoms with van der Waals surface area (Å²) in [6.07, 6.45) is 2.49. The Morgan fingerprint density at radius 3 is 2.78 bits per heavy atom. The lowest BCUT2D eigenvalue weighted by atomic mass is 9.69. The van der Waals surface area contributed by atoms with Crippen LogP contribution in [-0.4, -0.2) is 20.5 Å². The van der Waals surface area contributed by atoms with Gasteiger partial charge in [0.25, 0.3) is 0 Å². The molecule has 18 heavy (non-hydrogen) atoms. The van der Waals surface area contributed by atoms with Crippen molar-refractivity contribution in [3.05, 3.63) is 30.0 Å². The topological polar surface area (TPSA) is 38.0 Å². The van der Waals surface area contributed by atoms with Gasteiger partial charge in [-0.3, -0.25) is 4.68 Å². The van der Waals surface area contributed by atoms with Gasteiger partial charge >= 0.3 is 0 Å². The van der Waals surface area contributed by atoms with E-state index in [9.17, 15) is 5.11 Å². The normalized spacial score (nSPS) is 27.4. The second-order valence-corrected chi connectivity index (χ2v) is 5.69. The number of benzene rings is 1. The van der Waals surface area contributed by atoms with Gasteiger partial charge in [0.05, 0.1) is 16.8 Å². The number of para-hydroxylation sites is 1. The Kier molecular flexibility index (Phi) is 2.67. The van der Waals surface area contributed by atoms with Crippen LogP contribution < -0.4 is 0 Å². The monoisotopic (exact) mass is 244 g/mol. The SMILES string of the molecule is CCn1nc(CC2(O)CC(C)C2)c2ccccc21. The molecule has 0 saturated heterocycles. The van der Waals surface area contributed by atoms with E-state index in [0.717, 1.165) is 25.1 Å². The summed E-state index contributed by atoms with van der Waals surface area (Å²) in [5.74, 6) is 0.648. The highest BCUT2D eigenvalue weighted by atomic mass is 16.3. The first-order valence-electron chi connectivity index (χ1n) is 6.78. The molecule has 1 aromatic carbocycles. The fourth-order valence-corrected chi connectivity index (χ4v) is 3.26. The third kappa shape index (κ3) is 1.83. The summed E-state index contributed by atoms with van der Waals surface area (Å²) in [6.45, 7) is 5.16. The van der Waals surface area contributed by atoms with Crippen LogP contribution >= 0.6 is 0 Å². The zero-order valence-electron chi connectivity index (χ0n) is 11.1. The molecule has 0 radical (unpaired) electrons. The molecule has 0 bridgehead atoms. The summed E-state index contributed by atoms with van der Waals surface area (Å²) in [4.78, 5) is 0. The molecule has 1 saturated carbocycles. The first kappa shape index (κ1) is 11.7. The molecule has 96 valence electrons. The average molecular weight is 244 g/mol. The standard InChI is InChI=1S/C15H20N2O/c1-3-17-14-7-5-4-6-12(14)13(16-17)10-15(18)8-11(2)9-15/h4-7,11,18H,3,8-10H2,1-2H3. The van der Waals surface area contributed by atoms with Crippen molar-refractivity contribution in [1.82, 2.24) is 9.78 Å². The van der Waals surface area contributed by atoms with Crippen LogP contribution in [0.1, 0.15) is 32.4 Å². The Morgan fingerprint density at radius 1 is 1.39 bits per heavy atom. The number of aliphatic hydroxyl groups is 1. The Labute approximate surface area is 107 Å². The molecule has 1 aliphatic rings. The maximum Gasteiger partial charge on any atom is 0.0731 e. The average Bonchev–Trinajstić information content (AvgIpc) is 2.66. The van der Waals surface area contributed by atoms with E-state index in [4.69, 9.17) is 0 Å². The minimum Gasteiger partial charge on any atom is -0.389 e. The highest BCUT2D eigenvalue weighted by molar-refractivity contribution is 5.82. The first-order valence-corrected chi connectivity index (χ1v) is 6.78. The number of fused-ring (bicyclic) bond motifs is 1. The van der Waals surface area contributed by atoms with E-state index in [1.165, 1.54) is 10.9 Å². The van der Waals surface area contributed by atoms with Gasteiger partial charge in [-0.05, 0) is 31.7 Å². The molecule has 1 aliphatic carbocycles. The van der Waals surface area contributed by atoms with Gasteiger partial charge in [-0.25, -0.2) is 0 Å². The van der Waals surface area contributed by atoms with E-state index < -0.39 is 5.60 Å². The summed E-state index contributed by atoms with van der Waals surface area (Å²) in [6, 6.07) is 8.29. The number of aryl methyl sites for hydroxylation is 1. The van der Waals surface area contributed by atoms with Crippen LogP contribution in [0.2, 0.25) is 0 Å². The van der Waals surface area contributed by atoms with E-state index in [1.807, 2.05) is 16.8 Å². The molecule has 0 atom stereocenters. The summed E-state index contributed by atoms with van der Waals surface area (Å²) in [5.41, 5.74) is 1.70. The molecule has 1 heterocycles. The van der Waals surface area contributed by atoms with Crippen molar-refractivity contribution in [1.29, 1.82) is 0 Å². The number of aromatic nitrogens is 2. The summed E-state index contributed by atoms with van der Waals surface area (Å²) >= 11 is 0. The molecule has 0 amide bonds. The largest absolute Gasteiger partial charge is 0.389 e. The van der Waals surface area contributed by atoms with Gasteiger partial charge in [0.2, 0.25) is 0 Å². The Hall–Kier alpha value is -1.35. The van der Waals surface area contributed by atoms with E-state index in [-0.39, 0.29) is 0 Å². The van der Waals surface area contributed by atoms with E-state index in [0.29, 0.717) is 12.3 Å². The van der Waals surface area contributed by atoms with Crippen LogP contribution in [-0.2, 0) is 13.0 Å². The van der Waals surface area contributed by atoms with Crippen LogP contribution in [0.4, 0.5) is 0 Å². The molecule has 3 heteroatoms. The van der Waals surface area contributed by atoms with E-state index >= 15 is 0 Å². The van der Waals surface area contributed by atoms with Gasteiger partial charge in [0.15, 0.2) is 0 Å². The van der Waals surface area contributed by atoms with Gasteiger partial charge in [-0.1, -0.05) is 25.1 Å². The predicted molar refractivity (Wildman–Crippen MR) is 72.5 cm³/mol. The molecule has 3 nitrogen and oxygen atoms in total. The maximum absolute atomic E-state index is 10.4. The van der Waals surface area contributed by atoms with E-state index in [2.05, 4.69) is 31.1 Å². The van der Waals surface area contributed by atoms with Crippen molar-refractivity contribution in [2.45, 2.75) is 45.3 Å². The zero-order valence-corrected chi connectivity index (χ0v) is 11.1. The summed E-state index contributed by atoms with van der Waals surface area (Å²) < 4.78 is 2.02. The van der Waals surface area contributed by atoms with E-state index in [1.54, 1.807) is 0 Å². The number of nitrogens with zero attached hydrogens (tertiary/aromatic N) is 2. The van der Waals surface area contributed by atoms with Crippen molar-refractivity contribution in [2.75, 3.05) is 0 Å². The highest BCUT2D eigenvalue weighted by Gasteiger charge is 2.40. The maximum atomic E-state index is 10.4. The van der Waals surface area contributed by atoms with Crippen LogP contribution in [0, 0.1) is 5.92 Å². The van der Waals surface area contributed by atoms with Crippen molar-refractivity contribution in [3.8, 4) is 0 Å². The predicted octanol–water partition coefficient (Wildman–Crippen LogP) is 2.76. The summed E-state index contributed by atoms with van der Waals surface area (Å²) in [7, 11) is 0. The third-order valence-corrected chi connectivity index (χ3v) is 3.99. The van der Waals surface area contributed by atoms with Crippen LogP contribution in [0.15, 0.2) is 24.3 Å².